The summed E-state index contributed by atoms with van der Waals surface area (Å²) in [4.78, 5) is 20.4. The largest absolute Gasteiger partial charge is 0.354 e. The molecular formula is C18H19ClN4O3S3. The number of carbonyl (C=O) groups is 1. The molecule has 29 heavy (non-hydrogen) atoms. The molecule has 1 aromatic carbocycles. The van der Waals surface area contributed by atoms with Crippen LogP contribution < -0.4 is 10.2 Å². The van der Waals surface area contributed by atoms with Gasteiger partial charge in [0.2, 0.25) is 10.0 Å². The Hall–Kier alpha value is -1.72. The van der Waals surface area contributed by atoms with Gasteiger partial charge in [-0.2, -0.15) is 4.31 Å². The van der Waals surface area contributed by atoms with Gasteiger partial charge in [-0.3, -0.25) is 4.79 Å². The second-order valence-corrected chi connectivity index (χ2v) is 11.2. The molecule has 0 atom stereocenters. The molecule has 1 amide bonds. The average Bonchev–Trinajstić information content (AvgIpc) is 3.39. The molecule has 0 aliphatic carbocycles. The van der Waals surface area contributed by atoms with Gasteiger partial charge in [0, 0.05) is 32.9 Å². The minimum absolute atomic E-state index is 0.0170. The summed E-state index contributed by atoms with van der Waals surface area (Å²) in [5.74, 6) is -0.307. The highest BCUT2D eigenvalue weighted by atomic mass is 35.5. The van der Waals surface area contributed by atoms with Crippen molar-refractivity contribution in [3.05, 3.63) is 34.2 Å². The zero-order valence-corrected chi connectivity index (χ0v) is 19.0. The molecule has 11 heteroatoms. The number of rotatable bonds is 5. The number of fused-ring (bicyclic) bond motifs is 1. The lowest BCUT2D eigenvalue weighted by molar-refractivity contribution is 0.103. The van der Waals surface area contributed by atoms with E-state index in [0.717, 1.165) is 27.5 Å². The predicted octanol–water partition coefficient (Wildman–Crippen LogP) is 4.11. The molecule has 4 rings (SSSR count). The highest BCUT2D eigenvalue weighted by Gasteiger charge is 2.29. The lowest BCUT2D eigenvalue weighted by atomic mass is 10.3. The van der Waals surface area contributed by atoms with Gasteiger partial charge in [-0.1, -0.05) is 22.9 Å². The molecule has 2 aromatic heterocycles. The van der Waals surface area contributed by atoms with Gasteiger partial charge in [-0.15, -0.1) is 11.3 Å². The lowest BCUT2D eigenvalue weighted by Gasteiger charge is -2.17. The average molecular weight is 471 g/mol. The fourth-order valence-electron chi connectivity index (χ4n) is 3.07. The van der Waals surface area contributed by atoms with E-state index in [2.05, 4.69) is 10.3 Å². The van der Waals surface area contributed by atoms with Gasteiger partial charge in [0.15, 0.2) is 5.13 Å². The number of anilines is 2. The zero-order valence-electron chi connectivity index (χ0n) is 15.8. The second-order valence-electron chi connectivity index (χ2n) is 6.88. The first-order chi connectivity index (χ1) is 13.8. The third-order valence-electron chi connectivity index (χ3n) is 4.56. The normalized spacial score (nSPS) is 15.1. The van der Waals surface area contributed by atoms with E-state index in [1.165, 1.54) is 39.1 Å². The van der Waals surface area contributed by atoms with Crippen LogP contribution in [0.2, 0.25) is 5.02 Å². The number of thiazole rings is 1. The van der Waals surface area contributed by atoms with Crippen LogP contribution in [0.25, 0.3) is 9.53 Å². The van der Waals surface area contributed by atoms with Crippen molar-refractivity contribution >= 4 is 70.6 Å². The maximum Gasteiger partial charge on any atom is 0.265 e. The Bertz CT molecular complexity index is 1150. The Morgan fingerprint density at radius 1 is 1.21 bits per heavy atom. The molecule has 1 N–H and O–H groups in total. The summed E-state index contributed by atoms with van der Waals surface area (Å²) in [6.45, 7) is 0.978. The molecule has 154 valence electrons. The van der Waals surface area contributed by atoms with E-state index in [1.54, 1.807) is 12.1 Å². The van der Waals surface area contributed by atoms with E-state index < -0.39 is 10.0 Å². The van der Waals surface area contributed by atoms with Crippen LogP contribution >= 0.6 is 34.3 Å². The lowest BCUT2D eigenvalue weighted by Crippen LogP contribution is -2.28. The number of aromatic nitrogens is 1. The number of benzene rings is 1. The van der Waals surface area contributed by atoms with E-state index in [-0.39, 0.29) is 15.8 Å². The summed E-state index contributed by atoms with van der Waals surface area (Å²) in [7, 11) is 0.165. The van der Waals surface area contributed by atoms with Crippen molar-refractivity contribution in [3.8, 4) is 0 Å². The van der Waals surface area contributed by atoms with E-state index >= 15 is 0 Å². The van der Waals surface area contributed by atoms with Crippen LogP contribution in [0.1, 0.15) is 22.5 Å². The van der Waals surface area contributed by atoms with Crippen LogP contribution in [-0.4, -0.2) is 50.8 Å². The van der Waals surface area contributed by atoms with Crippen molar-refractivity contribution in [1.82, 2.24) is 9.29 Å². The van der Waals surface area contributed by atoms with Gasteiger partial charge in [-0.25, -0.2) is 13.4 Å². The zero-order chi connectivity index (χ0) is 20.8. The highest BCUT2D eigenvalue weighted by molar-refractivity contribution is 7.89. The molecule has 7 nitrogen and oxygen atoms in total. The summed E-state index contributed by atoms with van der Waals surface area (Å²) in [6.07, 6.45) is 1.68. The van der Waals surface area contributed by atoms with Crippen molar-refractivity contribution < 1.29 is 13.2 Å². The van der Waals surface area contributed by atoms with Crippen LogP contribution in [0.3, 0.4) is 0 Å². The molecule has 0 unspecified atom stereocenters. The third kappa shape index (κ3) is 3.99. The molecule has 0 spiro atoms. The monoisotopic (exact) mass is 470 g/mol. The van der Waals surface area contributed by atoms with Crippen molar-refractivity contribution in [2.75, 3.05) is 37.4 Å². The highest BCUT2D eigenvalue weighted by Crippen LogP contribution is 2.35. The van der Waals surface area contributed by atoms with Crippen LogP contribution in [-0.2, 0) is 10.0 Å². The van der Waals surface area contributed by atoms with Gasteiger partial charge in [0.1, 0.15) is 9.73 Å². The molecule has 1 aliphatic heterocycles. The van der Waals surface area contributed by atoms with Crippen molar-refractivity contribution in [1.29, 1.82) is 0 Å². The first-order valence-electron chi connectivity index (χ1n) is 8.94. The topological polar surface area (TPSA) is 82.6 Å². The number of amides is 1. The smallest absolute Gasteiger partial charge is 0.265 e. The molecule has 3 aromatic rings. The van der Waals surface area contributed by atoms with Crippen LogP contribution in [0.5, 0.6) is 0 Å². The summed E-state index contributed by atoms with van der Waals surface area (Å²) < 4.78 is 28.1. The first kappa shape index (κ1) is 20.5. The Morgan fingerprint density at radius 2 is 1.93 bits per heavy atom. The van der Waals surface area contributed by atoms with Crippen molar-refractivity contribution in [2.45, 2.75) is 17.7 Å². The molecule has 1 saturated heterocycles. The Kier molecular flexibility index (Phi) is 5.56. The van der Waals surface area contributed by atoms with Crippen LogP contribution in [0.4, 0.5) is 10.8 Å². The quantitative estimate of drug-likeness (QED) is 0.606. The van der Waals surface area contributed by atoms with E-state index in [4.69, 9.17) is 11.6 Å². The fourth-order valence-corrected chi connectivity index (χ4v) is 7.11. The molecule has 0 radical (unpaired) electrons. The minimum atomic E-state index is -3.68. The van der Waals surface area contributed by atoms with E-state index in [0.29, 0.717) is 23.7 Å². The van der Waals surface area contributed by atoms with Gasteiger partial charge in [0.05, 0.1) is 14.6 Å². The number of hydrogen-bond acceptors (Lipinski definition) is 7. The maximum absolute atomic E-state index is 12.9. The van der Waals surface area contributed by atoms with Gasteiger partial charge < -0.3 is 10.2 Å². The molecular weight excluding hydrogens is 452 g/mol. The Balaban J connectivity index is 1.58. The number of hydrogen-bond donors (Lipinski definition) is 1. The molecule has 0 bridgehead atoms. The molecule has 1 aliphatic rings. The Morgan fingerprint density at radius 3 is 2.59 bits per heavy atom. The van der Waals surface area contributed by atoms with E-state index in [1.807, 2.05) is 19.0 Å². The van der Waals surface area contributed by atoms with Gasteiger partial charge >= 0.3 is 0 Å². The maximum atomic E-state index is 12.9. The Labute approximate surface area is 182 Å². The van der Waals surface area contributed by atoms with Gasteiger partial charge in [0.25, 0.3) is 5.91 Å². The van der Waals surface area contributed by atoms with Gasteiger partial charge in [-0.05, 0) is 37.1 Å². The number of thiophene rings is 1. The summed E-state index contributed by atoms with van der Waals surface area (Å²) in [5.41, 5.74) is 0.385. The second kappa shape index (κ2) is 7.84. The SMILES string of the molecule is CN(C)c1nc2sc(C(=O)Nc3ccc(Cl)c(S(=O)(=O)N4CCCC4)c3)cc2s1. The van der Waals surface area contributed by atoms with Crippen molar-refractivity contribution in [3.63, 3.8) is 0 Å². The number of nitrogens with zero attached hydrogens (tertiary/aromatic N) is 3. The molecule has 0 saturated carbocycles. The van der Waals surface area contributed by atoms with Crippen LogP contribution in [0.15, 0.2) is 29.2 Å². The van der Waals surface area contributed by atoms with Crippen LogP contribution in [0, 0.1) is 0 Å². The predicted molar refractivity (Wildman–Crippen MR) is 119 cm³/mol. The molecule has 3 heterocycles. The number of nitrogens with one attached hydrogen (secondary N) is 1. The number of sulfonamides is 1. The first-order valence-corrected chi connectivity index (χ1v) is 12.4. The summed E-state index contributed by atoms with van der Waals surface area (Å²) >= 11 is 8.98. The third-order valence-corrected chi connectivity index (χ3v) is 9.26. The summed E-state index contributed by atoms with van der Waals surface area (Å²) in [5, 5.41) is 3.80. The summed E-state index contributed by atoms with van der Waals surface area (Å²) in [6, 6.07) is 6.32. The van der Waals surface area contributed by atoms with Crippen molar-refractivity contribution in [2.24, 2.45) is 0 Å². The minimum Gasteiger partial charge on any atom is -0.354 e. The standard InChI is InChI=1S/C18H19ClN4O3S3/c1-22(2)18-21-17-14(28-18)10-13(27-17)16(24)20-11-5-6-12(19)15(9-11)29(25,26)23-7-3-4-8-23/h5-6,9-10H,3-4,7-8H2,1-2H3,(H,20,24). The molecule has 1 fully saturated rings. The number of halogens is 1. The number of carbonyl (C=O) groups excluding carboxylic acids is 1. The van der Waals surface area contributed by atoms with E-state index in [9.17, 15) is 13.2 Å². The fraction of sp³-hybridized carbons (Fsp3) is 0.333.